The number of likely N-dealkylation sites (N-methyl/N-ethyl adjacent to an activating group) is 1. The summed E-state index contributed by atoms with van der Waals surface area (Å²) in [4.78, 5) is 17.5. The van der Waals surface area contributed by atoms with E-state index in [1.165, 1.54) is 37.4 Å². The van der Waals surface area contributed by atoms with E-state index in [4.69, 9.17) is 5.11 Å². The second-order valence-electron chi connectivity index (χ2n) is 5.80. The Morgan fingerprint density at radius 2 is 2.15 bits per heavy atom. The highest BCUT2D eigenvalue weighted by Gasteiger charge is 2.36. The van der Waals surface area contributed by atoms with Crippen LogP contribution >= 0.6 is 11.8 Å². The summed E-state index contributed by atoms with van der Waals surface area (Å²) in [6, 6.07) is 0. The zero-order chi connectivity index (χ0) is 14.8. The molecule has 20 heavy (non-hydrogen) atoms. The first-order valence-electron chi connectivity index (χ1n) is 6.99. The topological polar surface area (TPSA) is 58.4 Å². The third-order valence-corrected chi connectivity index (χ3v) is 5.11. The number of nitrogens with zero attached hydrogens (tertiary/aromatic N) is 3. The zero-order valence-electron chi connectivity index (χ0n) is 12.4. The van der Waals surface area contributed by atoms with Crippen molar-refractivity contribution in [3.05, 3.63) is 11.9 Å². The van der Waals surface area contributed by atoms with Gasteiger partial charge in [-0.15, -0.1) is 0 Å². The van der Waals surface area contributed by atoms with Gasteiger partial charge in [0.05, 0.1) is 11.4 Å². The Labute approximate surface area is 124 Å². The van der Waals surface area contributed by atoms with Crippen molar-refractivity contribution < 1.29 is 9.90 Å². The van der Waals surface area contributed by atoms with Crippen LogP contribution < -0.4 is 0 Å². The first-order chi connectivity index (χ1) is 9.43. The minimum atomic E-state index is -0.801. The van der Waals surface area contributed by atoms with Gasteiger partial charge in [-0.1, -0.05) is 24.6 Å². The molecule has 6 heteroatoms. The first kappa shape index (κ1) is 15.4. The van der Waals surface area contributed by atoms with E-state index in [0.29, 0.717) is 0 Å². The van der Waals surface area contributed by atoms with Crippen LogP contribution in [0.3, 0.4) is 0 Å². The van der Waals surface area contributed by atoms with Crippen LogP contribution in [0.1, 0.15) is 31.4 Å². The van der Waals surface area contributed by atoms with Crippen molar-refractivity contribution in [2.45, 2.75) is 49.8 Å². The SMILES string of the molecule is Cc1cn(CC2(N(C)C)CCCC2)c(SCC(=O)O)n1. The molecule has 0 radical (unpaired) electrons. The zero-order valence-corrected chi connectivity index (χ0v) is 13.2. The van der Waals surface area contributed by atoms with Gasteiger partial charge in [-0.3, -0.25) is 4.79 Å². The maximum Gasteiger partial charge on any atom is 0.313 e. The van der Waals surface area contributed by atoms with E-state index >= 15 is 0 Å². The molecule has 0 saturated heterocycles. The lowest BCUT2D eigenvalue weighted by Crippen LogP contribution is -2.45. The molecular formula is C14H23N3O2S. The molecule has 1 aromatic rings. The summed E-state index contributed by atoms with van der Waals surface area (Å²) in [7, 11) is 4.28. The molecule has 0 atom stereocenters. The summed E-state index contributed by atoms with van der Waals surface area (Å²) in [5, 5.41) is 9.65. The molecule has 1 saturated carbocycles. The monoisotopic (exact) mass is 297 g/mol. The molecule has 1 aromatic heterocycles. The number of carbonyl (C=O) groups is 1. The fraction of sp³-hybridized carbons (Fsp3) is 0.714. The van der Waals surface area contributed by atoms with Gasteiger partial charge in [0.1, 0.15) is 0 Å². The Bertz CT molecular complexity index is 479. The van der Waals surface area contributed by atoms with Crippen LogP contribution in [0.2, 0.25) is 0 Å². The Balaban J connectivity index is 2.17. The van der Waals surface area contributed by atoms with Crippen LogP contribution in [-0.2, 0) is 11.3 Å². The smallest absolute Gasteiger partial charge is 0.313 e. The summed E-state index contributed by atoms with van der Waals surface area (Å²) in [6.07, 6.45) is 6.96. The number of aliphatic carboxylic acids is 1. The second kappa shape index (κ2) is 6.18. The number of aryl methyl sites for hydroxylation is 1. The number of carboxylic acid groups (broad SMARTS) is 1. The van der Waals surface area contributed by atoms with Crippen LogP contribution in [0.5, 0.6) is 0 Å². The number of aromatic nitrogens is 2. The minimum Gasteiger partial charge on any atom is -0.481 e. The van der Waals surface area contributed by atoms with Crippen LogP contribution in [0.25, 0.3) is 0 Å². The first-order valence-corrected chi connectivity index (χ1v) is 7.97. The highest BCUT2D eigenvalue weighted by atomic mass is 32.2. The standard InChI is InChI=1S/C14H23N3O2S/c1-11-8-17(13(15-11)20-9-12(18)19)10-14(16(2)3)6-4-5-7-14/h8H,4-7,9-10H2,1-3H3,(H,18,19). The Kier molecular flexibility index (Phi) is 4.75. The van der Waals surface area contributed by atoms with Crippen molar-refractivity contribution in [3.8, 4) is 0 Å². The highest BCUT2D eigenvalue weighted by molar-refractivity contribution is 7.99. The Morgan fingerprint density at radius 1 is 1.50 bits per heavy atom. The maximum absolute atomic E-state index is 10.7. The van der Waals surface area contributed by atoms with E-state index in [1.807, 2.05) is 13.1 Å². The molecule has 0 unspecified atom stereocenters. The molecule has 112 valence electrons. The molecule has 2 rings (SSSR count). The van der Waals surface area contributed by atoms with Crippen LogP contribution in [-0.4, -0.2) is 50.9 Å². The van der Waals surface area contributed by atoms with E-state index in [2.05, 4.69) is 28.5 Å². The molecule has 0 amide bonds. The van der Waals surface area contributed by atoms with Crippen molar-refractivity contribution in [2.24, 2.45) is 0 Å². The van der Waals surface area contributed by atoms with Gasteiger partial charge in [0.15, 0.2) is 5.16 Å². The summed E-state index contributed by atoms with van der Waals surface area (Å²) in [5.41, 5.74) is 1.14. The quantitative estimate of drug-likeness (QED) is 0.816. The summed E-state index contributed by atoms with van der Waals surface area (Å²) >= 11 is 1.30. The summed E-state index contributed by atoms with van der Waals surface area (Å²) in [6.45, 7) is 2.85. The molecule has 0 aromatic carbocycles. The maximum atomic E-state index is 10.7. The average Bonchev–Trinajstić information content (AvgIpc) is 2.95. The summed E-state index contributed by atoms with van der Waals surface area (Å²) < 4.78 is 2.13. The molecule has 0 aliphatic heterocycles. The van der Waals surface area contributed by atoms with E-state index < -0.39 is 5.97 Å². The predicted octanol–water partition coefficient (Wildman–Crippen LogP) is 2.24. The lowest BCUT2D eigenvalue weighted by atomic mass is 9.96. The van der Waals surface area contributed by atoms with Crippen molar-refractivity contribution in [1.29, 1.82) is 0 Å². The lowest BCUT2D eigenvalue weighted by molar-refractivity contribution is -0.133. The third kappa shape index (κ3) is 3.35. The summed E-state index contributed by atoms with van der Waals surface area (Å²) in [5.74, 6) is -0.740. The van der Waals surface area contributed by atoms with E-state index in [0.717, 1.165) is 17.4 Å². The van der Waals surface area contributed by atoms with Crippen molar-refractivity contribution >= 4 is 17.7 Å². The molecule has 1 heterocycles. The van der Waals surface area contributed by atoms with Crippen LogP contribution in [0.15, 0.2) is 11.4 Å². The van der Waals surface area contributed by atoms with Gasteiger partial charge in [0.25, 0.3) is 0 Å². The number of thioether (sulfide) groups is 1. The van der Waals surface area contributed by atoms with Gasteiger partial charge >= 0.3 is 5.97 Å². The Morgan fingerprint density at radius 3 is 2.70 bits per heavy atom. The predicted molar refractivity (Wildman–Crippen MR) is 80.2 cm³/mol. The normalized spacial score (nSPS) is 17.8. The van der Waals surface area contributed by atoms with Crippen LogP contribution in [0, 0.1) is 6.92 Å². The molecular weight excluding hydrogens is 274 g/mol. The van der Waals surface area contributed by atoms with Crippen molar-refractivity contribution in [3.63, 3.8) is 0 Å². The number of rotatable bonds is 6. The van der Waals surface area contributed by atoms with E-state index in [1.54, 1.807) is 0 Å². The molecule has 1 aliphatic carbocycles. The lowest BCUT2D eigenvalue weighted by Gasteiger charge is -2.37. The van der Waals surface area contributed by atoms with Crippen molar-refractivity contribution in [2.75, 3.05) is 19.8 Å². The van der Waals surface area contributed by atoms with E-state index in [-0.39, 0.29) is 11.3 Å². The number of imidazole rings is 1. The highest BCUT2D eigenvalue weighted by Crippen LogP contribution is 2.36. The van der Waals surface area contributed by atoms with Gasteiger partial charge in [-0.25, -0.2) is 4.98 Å². The number of hydrogen-bond donors (Lipinski definition) is 1. The molecule has 5 nitrogen and oxygen atoms in total. The van der Waals surface area contributed by atoms with Crippen molar-refractivity contribution in [1.82, 2.24) is 14.5 Å². The van der Waals surface area contributed by atoms with Gasteiger partial charge in [-0.05, 0) is 33.9 Å². The van der Waals surface area contributed by atoms with Gasteiger partial charge in [-0.2, -0.15) is 0 Å². The molecule has 1 N–H and O–H groups in total. The van der Waals surface area contributed by atoms with Gasteiger partial charge < -0.3 is 14.6 Å². The minimum absolute atomic E-state index is 0.0609. The second-order valence-corrected chi connectivity index (χ2v) is 6.74. The fourth-order valence-electron chi connectivity index (χ4n) is 2.98. The van der Waals surface area contributed by atoms with Gasteiger partial charge in [0.2, 0.25) is 0 Å². The van der Waals surface area contributed by atoms with Crippen LogP contribution in [0.4, 0.5) is 0 Å². The molecule has 0 bridgehead atoms. The average molecular weight is 297 g/mol. The third-order valence-electron chi connectivity index (χ3n) is 4.13. The molecule has 1 aliphatic rings. The fourth-order valence-corrected chi connectivity index (χ4v) is 3.72. The van der Waals surface area contributed by atoms with E-state index in [9.17, 15) is 4.79 Å². The molecule has 1 fully saturated rings. The Hall–Kier alpha value is -1.01. The van der Waals surface area contributed by atoms with Gasteiger partial charge in [0, 0.05) is 18.3 Å². The number of carboxylic acids is 1. The molecule has 0 spiro atoms. The number of hydrogen-bond acceptors (Lipinski definition) is 4. The largest absolute Gasteiger partial charge is 0.481 e.